The topological polar surface area (TPSA) is 55.2 Å². The Morgan fingerprint density at radius 1 is 1.26 bits per heavy atom. The number of carbonyl (C=O) groups is 2. The zero-order valence-electron chi connectivity index (χ0n) is 12.1. The molecule has 0 unspecified atom stereocenters. The van der Waals surface area contributed by atoms with Crippen LogP contribution >= 0.6 is 0 Å². The maximum atomic E-state index is 12.4. The number of aromatic nitrogens is 2. The highest BCUT2D eigenvalue weighted by molar-refractivity contribution is 6.43. The van der Waals surface area contributed by atoms with Gasteiger partial charge in [-0.05, 0) is 40.0 Å². The van der Waals surface area contributed by atoms with Crippen molar-refractivity contribution < 1.29 is 9.59 Å². The summed E-state index contributed by atoms with van der Waals surface area (Å²) < 4.78 is 1.65. The Hall–Kier alpha value is -1.65. The third-order valence-corrected chi connectivity index (χ3v) is 3.99. The van der Waals surface area contributed by atoms with E-state index >= 15 is 0 Å². The van der Waals surface area contributed by atoms with Gasteiger partial charge in [0.2, 0.25) is 0 Å². The molecule has 1 saturated heterocycles. The Morgan fingerprint density at radius 2 is 1.95 bits per heavy atom. The van der Waals surface area contributed by atoms with Crippen LogP contribution in [0, 0.1) is 13.8 Å². The first-order chi connectivity index (χ1) is 8.93. The number of ketones is 1. The third-order valence-electron chi connectivity index (χ3n) is 3.99. The summed E-state index contributed by atoms with van der Waals surface area (Å²) >= 11 is 0. The molecule has 2 heterocycles. The fourth-order valence-electron chi connectivity index (χ4n) is 2.74. The molecule has 1 aliphatic rings. The molecule has 2 rings (SSSR count). The summed E-state index contributed by atoms with van der Waals surface area (Å²) in [4.78, 5) is 26.5. The molecule has 0 saturated carbocycles. The van der Waals surface area contributed by atoms with E-state index in [4.69, 9.17) is 0 Å². The van der Waals surface area contributed by atoms with E-state index in [-0.39, 0.29) is 11.9 Å². The van der Waals surface area contributed by atoms with Crippen molar-refractivity contribution >= 4 is 11.7 Å². The molecule has 1 atom stereocenters. The van der Waals surface area contributed by atoms with Crippen LogP contribution in [0.1, 0.15) is 47.9 Å². The van der Waals surface area contributed by atoms with E-state index < -0.39 is 5.78 Å². The van der Waals surface area contributed by atoms with E-state index in [1.165, 1.54) is 0 Å². The molecule has 1 aromatic rings. The van der Waals surface area contributed by atoms with Gasteiger partial charge in [-0.2, -0.15) is 5.10 Å². The second-order valence-corrected chi connectivity index (χ2v) is 5.34. The quantitative estimate of drug-likeness (QED) is 0.602. The Kier molecular flexibility index (Phi) is 3.73. The van der Waals surface area contributed by atoms with Gasteiger partial charge in [0.15, 0.2) is 0 Å². The van der Waals surface area contributed by atoms with Gasteiger partial charge in [0.1, 0.15) is 0 Å². The van der Waals surface area contributed by atoms with Crippen molar-refractivity contribution in [1.29, 1.82) is 0 Å². The summed E-state index contributed by atoms with van der Waals surface area (Å²) in [6, 6.07) is 0.155. The third kappa shape index (κ3) is 2.41. The predicted molar refractivity (Wildman–Crippen MR) is 72.0 cm³/mol. The number of nitrogens with zero attached hydrogens (tertiary/aromatic N) is 3. The average Bonchev–Trinajstić information content (AvgIpc) is 2.62. The zero-order valence-corrected chi connectivity index (χ0v) is 12.1. The molecule has 1 aliphatic heterocycles. The maximum Gasteiger partial charge on any atom is 0.295 e. The number of hydrogen-bond acceptors (Lipinski definition) is 3. The van der Waals surface area contributed by atoms with Crippen LogP contribution in [0.25, 0.3) is 0 Å². The van der Waals surface area contributed by atoms with Gasteiger partial charge in [-0.15, -0.1) is 0 Å². The molecule has 0 radical (unpaired) electrons. The maximum absolute atomic E-state index is 12.4. The molecular weight excluding hydrogens is 242 g/mol. The van der Waals surface area contributed by atoms with Crippen molar-refractivity contribution in [3.8, 4) is 0 Å². The summed E-state index contributed by atoms with van der Waals surface area (Å²) in [6.45, 7) is 6.28. The van der Waals surface area contributed by atoms with Gasteiger partial charge in [-0.25, -0.2) is 0 Å². The summed E-state index contributed by atoms with van der Waals surface area (Å²) in [6.07, 6.45) is 3.09. The van der Waals surface area contributed by atoms with E-state index in [1.54, 1.807) is 23.6 Å². The first-order valence-corrected chi connectivity index (χ1v) is 6.79. The minimum Gasteiger partial charge on any atom is -0.333 e. The van der Waals surface area contributed by atoms with E-state index in [9.17, 15) is 9.59 Å². The highest BCUT2D eigenvalue weighted by atomic mass is 16.2. The van der Waals surface area contributed by atoms with Gasteiger partial charge in [0.05, 0.1) is 11.3 Å². The molecule has 0 aliphatic carbocycles. The monoisotopic (exact) mass is 263 g/mol. The molecular formula is C14H21N3O2. The Bertz CT molecular complexity index is 519. The molecule has 104 valence electrons. The van der Waals surface area contributed by atoms with Crippen LogP contribution in [0.15, 0.2) is 0 Å². The molecule has 5 nitrogen and oxygen atoms in total. The highest BCUT2D eigenvalue weighted by Crippen LogP contribution is 2.20. The highest BCUT2D eigenvalue weighted by Gasteiger charge is 2.31. The summed E-state index contributed by atoms with van der Waals surface area (Å²) in [5, 5.41) is 4.20. The predicted octanol–water partition coefficient (Wildman–Crippen LogP) is 1.62. The van der Waals surface area contributed by atoms with E-state index in [0.29, 0.717) is 17.8 Å². The van der Waals surface area contributed by atoms with Crippen molar-refractivity contribution in [1.82, 2.24) is 14.7 Å². The first kappa shape index (κ1) is 13.8. The minimum atomic E-state index is -0.420. The lowest BCUT2D eigenvalue weighted by molar-refractivity contribution is -0.129. The van der Waals surface area contributed by atoms with Crippen molar-refractivity contribution in [3.05, 3.63) is 17.0 Å². The van der Waals surface area contributed by atoms with Crippen LogP contribution in [0.3, 0.4) is 0 Å². The summed E-state index contributed by atoms with van der Waals surface area (Å²) in [7, 11) is 1.78. The van der Waals surface area contributed by atoms with E-state index in [2.05, 4.69) is 5.10 Å². The molecule has 0 spiro atoms. The lowest BCUT2D eigenvalue weighted by Crippen LogP contribution is -2.45. The van der Waals surface area contributed by atoms with Gasteiger partial charge in [-0.1, -0.05) is 0 Å². The van der Waals surface area contributed by atoms with Crippen LogP contribution in [0.5, 0.6) is 0 Å². The van der Waals surface area contributed by atoms with Crippen molar-refractivity contribution in [2.45, 2.75) is 46.1 Å². The number of rotatable bonds is 2. The fourth-order valence-corrected chi connectivity index (χ4v) is 2.74. The number of likely N-dealkylation sites (tertiary alicyclic amines) is 1. The SMILES string of the molecule is Cc1nn(C)c(C)c1C(=O)C(=O)N1CCCC[C@@H]1C. The van der Waals surface area contributed by atoms with Crippen LogP contribution in [-0.2, 0) is 11.8 Å². The molecule has 1 aromatic heterocycles. The second-order valence-electron chi connectivity index (χ2n) is 5.34. The van der Waals surface area contributed by atoms with Crippen molar-refractivity contribution in [2.24, 2.45) is 7.05 Å². The molecule has 19 heavy (non-hydrogen) atoms. The van der Waals surface area contributed by atoms with Crippen LogP contribution in [0.2, 0.25) is 0 Å². The standard InChI is InChI=1S/C14H21N3O2/c1-9-7-5-6-8-17(9)14(19)13(18)12-10(2)15-16(4)11(12)3/h9H,5-8H2,1-4H3/t9-/m0/s1. The Balaban J connectivity index is 2.26. The minimum absolute atomic E-state index is 0.155. The second kappa shape index (κ2) is 5.15. The van der Waals surface area contributed by atoms with Gasteiger partial charge in [0.25, 0.3) is 11.7 Å². The first-order valence-electron chi connectivity index (χ1n) is 6.79. The van der Waals surface area contributed by atoms with Crippen molar-refractivity contribution in [3.63, 3.8) is 0 Å². The van der Waals surface area contributed by atoms with E-state index in [0.717, 1.165) is 25.0 Å². The lowest BCUT2D eigenvalue weighted by atomic mass is 10.0. The van der Waals surface area contributed by atoms with Gasteiger partial charge in [-0.3, -0.25) is 14.3 Å². The molecule has 0 N–H and O–H groups in total. The molecule has 5 heteroatoms. The average molecular weight is 263 g/mol. The van der Waals surface area contributed by atoms with Gasteiger partial charge >= 0.3 is 0 Å². The van der Waals surface area contributed by atoms with Gasteiger partial charge in [0, 0.05) is 25.3 Å². The smallest absolute Gasteiger partial charge is 0.295 e. The Morgan fingerprint density at radius 3 is 2.47 bits per heavy atom. The summed E-state index contributed by atoms with van der Waals surface area (Å²) in [5.74, 6) is -0.803. The number of Topliss-reactive ketones (excluding diaryl/α,β-unsaturated/α-hetero) is 1. The zero-order chi connectivity index (χ0) is 14.2. The van der Waals surface area contributed by atoms with Crippen LogP contribution in [0.4, 0.5) is 0 Å². The lowest BCUT2D eigenvalue weighted by Gasteiger charge is -2.32. The van der Waals surface area contributed by atoms with Crippen LogP contribution in [-0.4, -0.2) is 39.0 Å². The van der Waals surface area contributed by atoms with Crippen LogP contribution < -0.4 is 0 Å². The number of aryl methyl sites for hydroxylation is 2. The van der Waals surface area contributed by atoms with E-state index in [1.807, 2.05) is 13.8 Å². The largest absolute Gasteiger partial charge is 0.333 e. The fraction of sp³-hybridized carbons (Fsp3) is 0.643. The number of hydrogen-bond donors (Lipinski definition) is 0. The molecule has 1 amide bonds. The van der Waals surface area contributed by atoms with Gasteiger partial charge < -0.3 is 4.90 Å². The molecule has 0 aromatic carbocycles. The normalized spacial score (nSPS) is 19.6. The number of amides is 1. The molecule has 1 fully saturated rings. The summed E-state index contributed by atoms with van der Waals surface area (Å²) in [5.41, 5.74) is 1.84. The number of piperidine rings is 1. The van der Waals surface area contributed by atoms with Crippen molar-refractivity contribution in [2.75, 3.05) is 6.54 Å². The Labute approximate surface area is 113 Å². The molecule has 0 bridgehead atoms. The number of carbonyl (C=O) groups excluding carboxylic acids is 2.